The van der Waals surface area contributed by atoms with E-state index in [0.29, 0.717) is 10.0 Å². The molecule has 2 heterocycles. The van der Waals surface area contributed by atoms with E-state index in [2.05, 4.69) is 13.8 Å². The molecule has 0 aliphatic heterocycles. The molecule has 0 unspecified atom stereocenters. The Kier molecular flexibility index (Phi) is 5.67. The van der Waals surface area contributed by atoms with Crippen molar-refractivity contribution in [2.75, 3.05) is 11.5 Å². The third-order valence-corrected chi connectivity index (χ3v) is 11.2. The highest BCUT2D eigenvalue weighted by Crippen LogP contribution is 2.52. The molecule has 26 heavy (non-hydrogen) atoms. The molecule has 0 aliphatic carbocycles. The minimum absolute atomic E-state index is 0.0176. The maximum atomic E-state index is 12.2. The van der Waals surface area contributed by atoms with Crippen molar-refractivity contribution in [3.8, 4) is 0 Å². The Balaban J connectivity index is 2.41. The lowest BCUT2D eigenvalue weighted by atomic mass is 10.1. The van der Waals surface area contributed by atoms with Crippen molar-refractivity contribution >= 4 is 122 Å². The molecule has 2 aromatic heterocycles. The van der Waals surface area contributed by atoms with Crippen LogP contribution in [0.4, 0.5) is 0 Å². The molecular formula is C16H10Cl2O2S6. The van der Waals surface area contributed by atoms with Gasteiger partial charge in [-0.1, -0.05) is 82.4 Å². The maximum absolute atomic E-state index is 12.2. The average molecular weight is 498 g/mol. The van der Waals surface area contributed by atoms with Gasteiger partial charge in [-0.2, -0.15) is 0 Å². The highest BCUT2D eigenvalue weighted by atomic mass is 35.5. The van der Waals surface area contributed by atoms with Gasteiger partial charge in [0.05, 0.1) is 28.8 Å². The Bertz CT molecular complexity index is 1180. The number of benzene rings is 2. The second-order valence-electron chi connectivity index (χ2n) is 5.13. The Labute approximate surface area is 183 Å². The third-order valence-electron chi connectivity index (χ3n) is 3.69. The van der Waals surface area contributed by atoms with E-state index in [1.54, 1.807) is 23.5 Å². The zero-order valence-corrected chi connectivity index (χ0v) is 19.8. The van der Waals surface area contributed by atoms with Gasteiger partial charge in [0.2, 0.25) is 0 Å². The number of rotatable bonds is 4. The molecule has 136 valence electrons. The van der Waals surface area contributed by atoms with Gasteiger partial charge in [0.1, 0.15) is 0 Å². The van der Waals surface area contributed by atoms with Crippen molar-refractivity contribution in [3.63, 3.8) is 0 Å². The highest BCUT2D eigenvalue weighted by molar-refractivity contribution is 8.00. The van der Waals surface area contributed by atoms with Crippen LogP contribution >= 0.6 is 92.1 Å². The smallest absolute Gasteiger partial charge is 0.265 e. The molecule has 4 aromatic rings. The Morgan fingerprint density at radius 3 is 1.38 bits per heavy atom. The van der Waals surface area contributed by atoms with Gasteiger partial charge in [0, 0.05) is 20.6 Å². The summed E-state index contributed by atoms with van der Waals surface area (Å²) in [6.07, 6.45) is 0. The number of fused-ring (bicyclic) bond motifs is 5. The summed E-state index contributed by atoms with van der Waals surface area (Å²) < 4.78 is 3.44. The van der Waals surface area contributed by atoms with Crippen LogP contribution in [0.2, 0.25) is 10.0 Å². The lowest BCUT2D eigenvalue weighted by Gasteiger charge is -2.15. The van der Waals surface area contributed by atoms with E-state index in [-0.39, 0.29) is 8.11 Å². The summed E-state index contributed by atoms with van der Waals surface area (Å²) in [5.41, 5.74) is 0. The highest BCUT2D eigenvalue weighted by Gasteiger charge is 2.25. The van der Waals surface area contributed by atoms with E-state index < -0.39 is 0 Å². The quantitative estimate of drug-likeness (QED) is 0.271. The molecular weight excluding hydrogens is 487 g/mol. The van der Waals surface area contributed by atoms with Gasteiger partial charge in [-0.15, -0.1) is 23.5 Å². The summed E-state index contributed by atoms with van der Waals surface area (Å²) in [5.74, 6) is 1.69. The summed E-state index contributed by atoms with van der Waals surface area (Å²) in [5, 5.41) is 3.18. The van der Waals surface area contributed by atoms with E-state index in [0.717, 1.165) is 50.9 Å². The third kappa shape index (κ3) is 2.97. The van der Waals surface area contributed by atoms with Crippen molar-refractivity contribution in [2.24, 2.45) is 0 Å². The fourth-order valence-electron chi connectivity index (χ4n) is 2.82. The number of hydrogen-bond donors (Lipinski definition) is 0. The minimum Gasteiger partial charge on any atom is -0.265 e. The van der Waals surface area contributed by atoms with Gasteiger partial charge in [-0.25, -0.2) is 0 Å². The molecule has 0 fully saturated rings. The molecule has 2 aromatic carbocycles. The van der Waals surface area contributed by atoms with Crippen LogP contribution in [0.1, 0.15) is 13.8 Å². The van der Waals surface area contributed by atoms with Crippen LogP contribution < -0.4 is 8.11 Å². The Hall–Kier alpha value is 0.200. The van der Waals surface area contributed by atoms with Gasteiger partial charge in [0.15, 0.2) is 0 Å². The van der Waals surface area contributed by atoms with Crippen molar-refractivity contribution in [2.45, 2.75) is 23.6 Å². The van der Waals surface area contributed by atoms with Crippen molar-refractivity contribution in [1.29, 1.82) is 0 Å². The van der Waals surface area contributed by atoms with Crippen LogP contribution in [-0.2, 0) is 0 Å². The lowest BCUT2D eigenvalue weighted by molar-refractivity contribution is 1.48. The first-order chi connectivity index (χ1) is 12.5. The summed E-state index contributed by atoms with van der Waals surface area (Å²) >= 11 is 21.6. The first kappa shape index (κ1) is 19.5. The normalized spacial score (nSPS) is 12.0. The predicted molar refractivity (Wildman–Crippen MR) is 126 cm³/mol. The summed E-state index contributed by atoms with van der Waals surface area (Å²) in [7, 11) is 0. The first-order valence-electron chi connectivity index (χ1n) is 7.57. The first-order valence-corrected chi connectivity index (χ1v) is 13.6. The molecule has 0 aliphatic rings. The van der Waals surface area contributed by atoms with E-state index in [1.807, 2.05) is 0 Å². The largest absolute Gasteiger partial charge is 0.288 e. The number of thioether (sulfide) groups is 2. The van der Waals surface area contributed by atoms with Gasteiger partial charge >= 0.3 is 0 Å². The minimum atomic E-state index is 0.0176. The fraction of sp³-hybridized carbons (Fsp3) is 0.250. The van der Waals surface area contributed by atoms with Gasteiger partial charge in [-0.05, 0) is 11.5 Å². The molecule has 0 radical (unpaired) electrons. The number of halogens is 2. The molecule has 0 N–H and O–H groups in total. The lowest BCUT2D eigenvalue weighted by Crippen LogP contribution is -1.88. The van der Waals surface area contributed by atoms with Crippen molar-refractivity contribution < 1.29 is 0 Å². The fourth-order valence-corrected chi connectivity index (χ4v) is 10.1. The van der Waals surface area contributed by atoms with E-state index in [9.17, 15) is 9.59 Å². The SMILES string of the molecule is CCSc1c(Cl)c2sc(=O)sc2c2c(SCC)c(Cl)c3sc(=O)sc3c12. The zero-order chi connectivity index (χ0) is 18.6. The monoisotopic (exact) mass is 496 g/mol. The standard InChI is InChI=1S/C16H10Cl2O2S6/c1-3-21-9-5-6(12-13(7(9)17)25-16(20)24-12)10(22-4-2)8(18)14-11(5)23-15(19)26-14/h3-4H2,1-2H3. The van der Waals surface area contributed by atoms with Gasteiger partial charge in [-0.3, -0.25) is 9.59 Å². The molecule has 0 atom stereocenters. The molecule has 0 saturated carbocycles. The number of hydrogen-bond acceptors (Lipinski definition) is 8. The van der Waals surface area contributed by atoms with Crippen LogP contribution in [0.25, 0.3) is 29.6 Å². The van der Waals surface area contributed by atoms with E-state index in [4.69, 9.17) is 23.2 Å². The summed E-state index contributed by atoms with van der Waals surface area (Å²) in [6, 6.07) is 0. The molecule has 4 rings (SSSR count). The maximum Gasteiger partial charge on any atom is 0.288 e. The second kappa shape index (κ2) is 7.55. The van der Waals surface area contributed by atoms with E-state index in [1.165, 1.54) is 45.3 Å². The Morgan fingerprint density at radius 2 is 1.04 bits per heavy atom. The van der Waals surface area contributed by atoms with Crippen LogP contribution in [0, 0.1) is 0 Å². The van der Waals surface area contributed by atoms with Crippen molar-refractivity contribution in [3.05, 3.63) is 27.7 Å². The molecule has 0 bridgehead atoms. The molecule has 0 saturated heterocycles. The average Bonchev–Trinajstić information content (AvgIpc) is 3.17. The summed E-state index contributed by atoms with van der Waals surface area (Å²) in [4.78, 5) is 26.2. The second-order valence-corrected chi connectivity index (χ2v) is 12.9. The topological polar surface area (TPSA) is 34.1 Å². The van der Waals surface area contributed by atoms with Crippen LogP contribution in [0.3, 0.4) is 0 Å². The molecule has 0 amide bonds. The molecule has 0 spiro atoms. The zero-order valence-electron chi connectivity index (χ0n) is 13.4. The van der Waals surface area contributed by atoms with E-state index >= 15 is 0 Å². The van der Waals surface area contributed by atoms with Gasteiger partial charge in [0.25, 0.3) is 8.11 Å². The predicted octanol–water partition coefficient (Wildman–Crippen LogP) is 7.64. The Morgan fingerprint density at radius 1 is 0.692 bits per heavy atom. The van der Waals surface area contributed by atoms with Crippen molar-refractivity contribution in [1.82, 2.24) is 0 Å². The molecule has 10 heteroatoms. The van der Waals surface area contributed by atoms with Crippen LogP contribution in [-0.4, -0.2) is 11.5 Å². The van der Waals surface area contributed by atoms with Gasteiger partial charge < -0.3 is 0 Å². The summed E-state index contributed by atoms with van der Waals surface area (Å²) in [6.45, 7) is 4.13. The van der Waals surface area contributed by atoms with Crippen LogP contribution in [0.5, 0.6) is 0 Å². The molecule has 2 nitrogen and oxygen atoms in total. The van der Waals surface area contributed by atoms with Crippen LogP contribution in [0.15, 0.2) is 19.4 Å².